The first-order valence-electron chi connectivity index (χ1n) is 8.84. The van der Waals surface area contributed by atoms with Gasteiger partial charge in [-0.1, -0.05) is 23.7 Å². The highest BCUT2D eigenvalue weighted by atomic mass is 35.5. The summed E-state index contributed by atoms with van der Waals surface area (Å²) in [5, 5.41) is 4.80. The number of methoxy groups -OCH3 is 2. The number of rotatable bonds is 5. The Labute approximate surface area is 170 Å². The lowest BCUT2D eigenvalue weighted by Gasteiger charge is -2.36. The summed E-state index contributed by atoms with van der Waals surface area (Å²) in [5.41, 5.74) is 2.17. The Morgan fingerprint density at radius 3 is 2.30 bits per heavy atom. The Morgan fingerprint density at radius 2 is 1.67 bits per heavy atom. The number of ether oxygens (including phenoxy) is 2. The van der Waals surface area contributed by atoms with Crippen LogP contribution in [0.3, 0.4) is 0 Å². The summed E-state index contributed by atoms with van der Waals surface area (Å²) in [5.74, 6) is 1.38. The lowest BCUT2D eigenvalue weighted by molar-refractivity contribution is 0.177. The van der Waals surface area contributed by atoms with Gasteiger partial charge in [0.2, 0.25) is 0 Å². The van der Waals surface area contributed by atoms with Crippen LogP contribution in [0.4, 0.5) is 5.69 Å². The summed E-state index contributed by atoms with van der Waals surface area (Å²) >= 11 is 11.5. The second-order valence-corrected chi connectivity index (χ2v) is 7.21. The number of piperazine rings is 1. The van der Waals surface area contributed by atoms with Crippen molar-refractivity contribution in [2.45, 2.75) is 6.54 Å². The van der Waals surface area contributed by atoms with Gasteiger partial charge in [0.15, 0.2) is 16.6 Å². The first kappa shape index (κ1) is 19.7. The summed E-state index contributed by atoms with van der Waals surface area (Å²) in [7, 11) is 3.25. The third-order valence-electron chi connectivity index (χ3n) is 4.61. The number of benzene rings is 2. The number of halogens is 1. The molecular formula is C20H24ClN3O2S. The molecule has 1 aliphatic heterocycles. The van der Waals surface area contributed by atoms with E-state index in [4.69, 9.17) is 33.3 Å². The van der Waals surface area contributed by atoms with Crippen molar-refractivity contribution in [3.8, 4) is 11.5 Å². The molecule has 0 bridgehead atoms. The summed E-state index contributed by atoms with van der Waals surface area (Å²) < 4.78 is 10.6. The molecule has 1 fully saturated rings. The lowest BCUT2D eigenvalue weighted by atomic mass is 10.2. The van der Waals surface area contributed by atoms with Gasteiger partial charge in [-0.2, -0.15) is 0 Å². The molecule has 27 heavy (non-hydrogen) atoms. The zero-order valence-electron chi connectivity index (χ0n) is 15.6. The first-order valence-corrected chi connectivity index (χ1v) is 9.62. The van der Waals surface area contributed by atoms with Crippen LogP contribution in [0.25, 0.3) is 0 Å². The van der Waals surface area contributed by atoms with Crippen LogP contribution in [0, 0.1) is 0 Å². The van der Waals surface area contributed by atoms with E-state index in [0.29, 0.717) is 11.5 Å². The summed E-state index contributed by atoms with van der Waals surface area (Å²) in [6.07, 6.45) is 0. The molecule has 7 heteroatoms. The molecule has 0 aromatic heterocycles. The highest BCUT2D eigenvalue weighted by molar-refractivity contribution is 7.80. The lowest BCUT2D eigenvalue weighted by Crippen LogP contribution is -2.49. The fraction of sp³-hybridized carbons (Fsp3) is 0.350. The Balaban J connectivity index is 1.51. The van der Waals surface area contributed by atoms with Crippen molar-refractivity contribution in [2.75, 3.05) is 45.7 Å². The van der Waals surface area contributed by atoms with Gasteiger partial charge in [-0.25, -0.2) is 0 Å². The molecule has 0 atom stereocenters. The van der Waals surface area contributed by atoms with Crippen LogP contribution in [0.1, 0.15) is 5.56 Å². The number of nitrogens with one attached hydrogen (secondary N) is 1. The van der Waals surface area contributed by atoms with Crippen LogP contribution in [-0.4, -0.2) is 55.3 Å². The smallest absolute Gasteiger partial charge is 0.173 e. The largest absolute Gasteiger partial charge is 0.493 e. The van der Waals surface area contributed by atoms with E-state index in [0.717, 1.165) is 48.5 Å². The molecule has 5 nitrogen and oxygen atoms in total. The van der Waals surface area contributed by atoms with Crippen molar-refractivity contribution in [1.29, 1.82) is 0 Å². The van der Waals surface area contributed by atoms with Crippen molar-refractivity contribution in [1.82, 2.24) is 9.80 Å². The molecule has 0 spiro atoms. The molecule has 1 heterocycles. The fourth-order valence-corrected chi connectivity index (χ4v) is 3.50. The van der Waals surface area contributed by atoms with Crippen LogP contribution in [0.15, 0.2) is 42.5 Å². The zero-order valence-corrected chi connectivity index (χ0v) is 17.1. The molecule has 0 saturated carbocycles. The van der Waals surface area contributed by atoms with Crippen molar-refractivity contribution in [3.05, 3.63) is 53.1 Å². The molecule has 0 amide bonds. The average molecular weight is 406 g/mol. The van der Waals surface area contributed by atoms with Crippen LogP contribution in [0.5, 0.6) is 11.5 Å². The van der Waals surface area contributed by atoms with Crippen LogP contribution < -0.4 is 14.8 Å². The Kier molecular flexibility index (Phi) is 6.77. The van der Waals surface area contributed by atoms with Gasteiger partial charge in [0.05, 0.1) is 14.2 Å². The summed E-state index contributed by atoms with van der Waals surface area (Å²) in [6, 6.07) is 13.7. The van der Waals surface area contributed by atoms with Gasteiger partial charge in [-0.05, 0) is 42.0 Å². The fourth-order valence-electron chi connectivity index (χ4n) is 3.07. The van der Waals surface area contributed by atoms with E-state index in [1.54, 1.807) is 14.2 Å². The number of thiocarbonyl (C=S) groups is 1. The third-order valence-corrected chi connectivity index (χ3v) is 5.23. The molecule has 1 N–H and O–H groups in total. The number of hydrogen-bond donors (Lipinski definition) is 1. The first-order chi connectivity index (χ1) is 13.1. The highest BCUT2D eigenvalue weighted by Crippen LogP contribution is 2.29. The predicted octanol–water partition coefficient (Wildman–Crippen LogP) is 3.87. The summed E-state index contributed by atoms with van der Waals surface area (Å²) in [6.45, 7) is 4.66. The van der Waals surface area contributed by atoms with Crippen LogP contribution >= 0.6 is 23.8 Å². The topological polar surface area (TPSA) is 37.0 Å². The molecule has 144 valence electrons. The minimum absolute atomic E-state index is 0.679. The second kappa shape index (κ2) is 9.26. The van der Waals surface area contributed by atoms with Crippen molar-refractivity contribution in [2.24, 2.45) is 0 Å². The van der Waals surface area contributed by atoms with Gasteiger partial charge in [-0.3, -0.25) is 4.90 Å². The van der Waals surface area contributed by atoms with E-state index >= 15 is 0 Å². The van der Waals surface area contributed by atoms with E-state index in [9.17, 15) is 0 Å². The van der Waals surface area contributed by atoms with E-state index in [1.165, 1.54) is 5.56 Å². The van der Waals surface area contributed by atoms with E-state index in [2.05, 4.69) is 27.2 Å². The monoisotopic (exact) mass is 405 g/mol. The molecule has 0 aliphatic carbocycles. The standard InChI is InChI=1S/C20H24ClN3O2S/c1-25-18-8-7-17(13-19(18)26-2)22-20(27)24-11-9-23(10-12-24)14-15-3-5-16(21)6-4-15/h3-8,13H,9-12,14H2,1-2H3,(H,22,27). The Hall–Kier alpha value is -2.02. The molecule has 2 aromatic rings. The van der Waals surface area contributed by atoms with Crippen molar-refractivity contribution in [3.63, 3.8) is 0 Å². The number of anilines is 1. The maximum atomic E-state index is 5.95. The molecule has 0 unspecified atom stereocenters. The van der Waals surface area contributed by atoms with E-state index in [1.807, 2.05) is 30.3 Å². The molecule has 1 aliphatic rings. The third kappa shape index (κ3) is 5.25. The number of hydrogen-bond acceptors (Lipinski definition) is 4. The SMILES string of the molecule is COc1ccc(NC(=S)N2CCN(Cc3ccc(Cl)cc3)CC2)cc1OC. The van der Waals surface area contributed by atoms with Gasteiger partial charge in [0, 0.05) is 49.5 Å². The van der Waals surface area contributed by atoms with Gasteiger partial charge in [-0.15, -0.1) is 0 Å². The van der Waals surface area contributed by atoms with Crippen LogP contribution in [-0.2, 0) is 6.54 Å². The Morgan fingerprint density at radius 1 is 1.00 bits per heavy atom. The van der Waals surface area contributed by atoms with E-state index < -0.39 is 0 Å². The van der Waals surface area contributed by atoms with Crippen molar-refractivity contribution >= 4 is 34.6 Å². The zero-order chi connectivity index (χ0) is 19.2. The summed E-state index contributed by atoms with van der Waals surface area (Å²) in [4.78, 5) is 4.63. The van der Waals surface area contributed by atoms with Gasteiger partial charge in [0.1, 0.15) is 0 Å². The minimum Gasteiger partial charge on any atom is -0.493 e. The van der Waals surface area contributed by atoms with Gasteiger partial charge >= 0.3 is 0 Å². The normalized spacial score (nSPS) is 14.7. The van der Waals surface area contributed by atoms with Gasteiger partial charge in [0.25, 0.3) is 0 Å². The Bertz CT molecular complexity index is 777. The maximum Gasteiger partial charge on any atom is 0.173 e. The maximum absolute atomic E-state index is 5.95. The van der Waals surface area contributed by atoms with E-state index in [-0.39, 0.29) is 0 Å². The quantitative estimate of drug-likeness (QED) is 0.761. The van der Waals surface area contributed by atoms with Crippen molar-refractivity contribution < 1.29 is 9.47 Å². The molecular weight excluding hydrogens is 382 g/mol. The minimum atomic E-state index is 0.679. The second-order valence-electron chi connectivity index (χ2n) is 6.39. The molecule has 2 aromatic carbocycles. The molecule has 1 saturated heterocycles. The molecule has 3 rings (SSSR count). The predicted molar refractivity (Wildman–Crippen MR) is 114 cm³/mol. The van der Waals surface area contributed by atoms with Crippen LogP contribution in [0.2, 0.25) is 5.02 Å². The van der Waals surface area contributed by atoms with Gasteiger partial charge < -0.3 is 19.7 Å². The average Bonchev–Trinajstić information content (AvgIpc) is 2.70. The number of nitrogens with zero attached hydrogens (tertiary/aromatic N) is 2. The highest BCUT2D eigenvalue weighted by Gasteiger charge is 2.19. The molecule has 0 radical (unpaired) electrons.